The smallest absolute Gasteiger partial charge is 0.0110 e. The molecule has 0 radical (unpaired) electrons. The topological polar surface area (TPSA) is 26.0 Å². The Morgan fingerprint density at radius 2 is 1.79 bits per heavy atom. The maximum absolute atomic E-state index is 6.43. The Bertz CT molecular complexity index is 399. The predicted molar refractivity (Wildman–Crippen MR) is 83.3 cm³/mol. The molecule has 19 heavy (non-hydrogen) atoms. The highest BCUT2D eigenvalue weighted by molar-refractivity contribution is 5.28. The molecule has 0 aromatic heterocycles. The maximum Gasteiger partial charge on any atom is 0.0110 e. The van der Waals surface area contributed by atoms with Gasteiger partial charge in [-0.2, -0.15) is 0 Å². The average molecular weight is 259 g/mol. The fourth-order valence-electron chi connectivity index (χ4n) is 3.37. The zero-order valence-electron chi connectivity index (χ0n) is 12.9. The van der Waals surface area contributed by atoms with Crippen molar-refractivity contribution in [3.05, 3.63) is 35.4 Å². The lowest BCUT2D eigenvalue weighted by Crippen LogP contribution is -2.33. The van der Waals surface area contributed by atoms with Crippen LogP contribution in [0.1, 0.15) is 58.1 Å². The van der Waals surface area contributed by atoms with Gasteiger partial charge >= 0.3 is 0 Å². The van der Waals surface area contributed by atoms with Gasteiger partial charge in [-0.1, -0.05) is 64.8 Å². The molecule has 0 amide bonds. The molecule has 1 aromatic carbocycles. The van der Waals surface area contributed by atoms with Crippen molar-refractivity contribution in [3.8, 4) is 0 Å². The van der Waals surface area contributed by atoms with Crippen LogP contribution >= 0.6 is 0 Å². The van der Waals surface area contributed by atoms with Crippen LogP contribution in [0.25, 0.3) is 0 Å². The second-order valence-electron chi connectivity index (χ2n) is 7.39. The molecule has 0 heterocycles. The monoisotopic (exact) mass is 259 g/mol. The standard InChI is InChI=1S/C18H29N/c1-13-6-5-7-16(13)17(19)12-14-8-10-15(11-9-14)18(2,3)4/h8-11,13,16-17H,5-7,12,19H2,1-4H3. The number of benzene rings is 1. The highest BCUT2D eigenvalue weighted by Crippen LogP contribution is 2.34. The van der Waals surface area contributed by atoms with Crippen LogP contribution in [0.5, 0.6) is 0 Å². The normalized spacial score (nSPS) is 25.5. The van der Waals surface area contributed by atoms with Gasteiger partial charge in [0, 0.05) is 6.04 Å². The second-order valence-corrected chi connectivity index (χ2v) is 7.39. The van der Waals surface area contributed by atoms with Crippen molar-refractivity contribution in [2.45, 2.75) is 64.8 Å². The highest BCUT2D eigenvalue weighted by Gasteiger charge is 2.28. The van der Waals surface area contributed by atoms with Gasteiger partial charge in [0.2, 0.25) is 0 Å². The van der Waals surface area contributed by atoms with E-state index in [1.54, 1.807) is 0 Å². The Morgan fingerprint density at radius 3 is 2.26 bits per heavy atom. The van der Waals surface area contributed by atoms with Crippen molar-refractivity contribution in [2.24, 2.45) is 17.6 Å². The van der Waals surface area contributed by atoms with Gasteiger partial charge in [0.05, 0.1) is 0 Å². The number of nitrogens with two attached hydrogens (primary N) is 1. The molecule has 0 spiro atoms. The SMILES string of the molecule is CC1CCCC1C(N)Cc1ccc(C(C)(C)C)cc1. The van der Waals surface area contributed by atoms with E-state index in [1.165, 1.54) is 30.4 Å². The Labute approximate surface area is 118 Å². The molecular weight excluding hydrogens is 230 g/mol. The molecule has 3 atom stereocenters. The van der Waals surface area contributed by atoms with E-state index in [4.69, 9.17) is 5.73 Å². The summed E-state index contributed by atoms with van der Waals surface area (Å²) in [5, 5.41) is 0. The van der Waals surface area contributed by atoms with Crippen molar-refractivity contribution < 1.29 is 0 Å². The summed E-state index contributed by atoms with van der Waals surface area (Å²) >= 11 is 0. The first-order valence-electron chi connectivity index (χ1n) is 7.73. The van der Waals surface area contributed by atoms with Crippen LogP contribution in [-0.2, 0) is 11.8 Å². The minimum atomic E-state index is 0.237. The Balaban J connectivity index is 1.99. The third-order valence-electron chi connectivity index (χ3n) is 4.77. The lowest BCUT2D eigenvalue weighted by Gasteiger charge is -2.24. The van der Waals surface area contributed by atoms with Gasteiger partial charge in [0.25, 0.3) is 0 Å². The summed E-state index contributed by atoms with van der Waals surface area (Å²) in [5.41, 5.74) is 9.45. The summed E-state index contributed by atoms with van der Waals surface area (Å²) in [5.74, 6) is 1.53. The molecule has 1 heteroatoms. The zero-order chi connectivity index (χ0) is 14.0. The summed E-state index contributed by atoms with van der Waals surface area (Å²) in [6.45, 7) is 9.13. The fraction of sp³-hybridized carbons (Fsp3) is 0.667. The first-order valence-corrected chi connectivity index (χ1v) is 7.73. The molecule has 0 aliphatic heterocycles. The lowest BCUT2D eigenvalue weighted by molar-refractivity contribution is 0.343. The van der Waals surface area contributed by atoms with Crippen molar-refractivity contribution in [2.75, 3.05) is 0 Å². The molecule has 1 fully saturated rings. The van der Waals surface area contributed by atoms with E-state index in [1.807, 2.05) is 0 Å². The van der Waals surface area contributed by atoms with Crippen LogP contribution in [-0.4, -0.2) is 6.04 Å². The van der Waals surface area contributed by atoms with E-state index in [-0.39, 0.29) is 5.41 Å². The summed E-state index contributed by atoms with van der Waals surface area (Å²) in [4.78, 5) is 0. The van der Waals surface area contributed by atoms with Crippen LogP contribution in [0.3, 0.4) is 0 Å². The molecule has 1 aliphatic carbocycles. The average Bonchev–Trinajstić information content (AvgIpc) is 2.75. The van der Waals surface area contributed by atoms with Crippen LogP contribution in [0.4, 0.5) is 0 Å². The van der Waals surface area contributed by atoms with Crippen LogP contribution in [0.2, 0.25) is 0 Å². The highest BCUT2D eigenvalue weighted by atomic mass is 14.7. The van der Waals surface area contributed by atoms with Crippen molar-refractivity contribution in [1.29, 1.82) is 0 Å². The van der Waals surface area contributed by atoms with Crippen LogP contribution < -0.4 is 5.73 Å². The molecule has 0 bridgehead atoms. The first-order chi connectivity index (χ1) is 8.88. The molecule has 2 rings (SSSR count). The van der Waals surface area contributed by atoms with Gasteiger partial charge in [0.1, 0.15) is 0 Å². The van der Waals surface area contributed by atoms with E-state index in [2.05, 4.69) is 52.0 Å². The summed E-state index contributed by atoms with van der Waals surface area (Å²) in [6.07, 6.45) is 5.08. The molecular formula is C18H29N. The predicted octanol–water partition coefficient (Wildman–Crippen LogP) is 4.29. The fourth-order valence-corrected chi connectivity index (χ4v) is 3.37. The van der Waals surface area contributed by atoms with Crippen LogP contribution in [0.15, 0.2) is 24.3 Å². The van der Waals surface area contributed by atoms with E-state index in [9.17, 15) is 0 Å². The van der Waals surface area contributed by atoms with E-state index in [0.29, 0.717) is 6.04 Å². The molecule has 3 unspecified atom stereocenters. The van der Waals surface area contributed by atoms with E-state index < -0.39 is 0 Å². The van der Waals surface area contributed by atoms with Gasteiger partial charge in [-0.25, -0.2) is 0 Å². The lowest BCUT2D eigenvalue weighted by atomic mass is 9.84. The minimum absolute atomic E-state index is 0.237. The summed E-state index contributed by atoms with van der Waals surface area (Å²) in [6, 6.07) is 9.39. The van der Waals surface area contributed by atoms with Gasteiger partial charge in [-0.05, 0) is 41.2 Å². The van der Waals surface area contributed by atoms with E-state index in [0.717, 1.165) is 18.3 Å². The minimum Gasteiger partial charge on any atom is -0.327 e. The Kier molecular flexibility index (Phi) is 4.35. The van der Waals surface area contributed by atoms with Crippen molar-refractivity contribution >= 4 is 0 Å². The number of hydrogen-bond acceptors (Lipinski definition) is 1. The molecule has 106 valence electrons. The quantitative estimate of drug-likeness (QED) is 0.861. The molecule has 1 aliphatic rings. The van der Waals surface area contributed by atoms with E-state index >= 15 is 0 Å². The third kappa shape index (κ3) is 3.60. The Hall–Kier alpha value is -0.820. The first kappa shape index (κ1) is 14.6. The van der Waals surface area contributed by atoms with Gasteiger partial charge < -0.3 is 5.73 Å². The van der Waals surface area contributed by atoms with Gasteiger partial charge in [-0.15, -0.1) is 0 Å². The van der Waals surface area contributed by atoms with Gasteiger partial charge in [-0.3, -0.25) is 0 Å². The second kappa shape index (κ2) is 5.66. The molecule has 0 saturated heterocycles. The maximum atomic E-state index is 6.43. The number of hydrogen-bond donors (Lipinski definition) is 1. The third-order valence-corrected chi connectivity index (χ3v) is 4.77. The molecule has 1 saturated carbocycles. The molecule has 1 aromatic rings. The van der Waals surface area contributed by atoms with Crippen molar-refractivity contribution in [3.63, 3.8) is 0 Å². The largest absolute Gasteiger partial charge is 0.327 e. The zero-order valence-corrected chi connectivity index (χ0v) is 12.9. The summed E-state index contributed by atoms with van der Waals surface area (Å²) in [7, 11) is 0. The Morgan fingerprint density at radius 1 is 1.16 bits per heavy atom. The summed E-state index contributed by atoms with van der Waals surface area (Å²) < 4.78 is 0. The van der Waals surface area contributed by atoms with Crippen molar-refractivity contribution in [1.82, 2.24) is 0 Å². The van der Waals surface area contributed by atoms with Crippen LogP contribution in [0, 0.1) is 11.8 Å². The molecule has 1 nitrogen and oxygen atoms in total. The van der Waals surface area contributed by atoms with Gasteiger partial charge in [0.15, 0.2) is 0 Å². The number of rotatable bonds is 3. The molecule has 2 N–H and O–H groups in total.